The molecule has 3 aromatic rings. The number of rotatable bonds is 14. The fraction of sp³-hybridized carbons (Fsp3) is 0.375. The standard InChI is InChI=1S/C32H40ClN3O5S/c1-6-8-19-34-32(38)30(7-2)35(21-25-12-15-27(41-5)16-13-25)31(37)22-36(26-14-11-24(4)29(33)20-26)42(39,40)28-17-9-23(3)10-18-28/h9-18,20,30H,6-8,19,21-22H2,1-5H3,(H,34,38)/t30-/m0/s1. The molecule has 0 saturated carbocycles. The molecular weight excluding hydrogens is 574 g/mol. The molecule has 226 valence electrons. The SMILES string of the molecule is CCCCNC(=O)[C@H](CC)N(Cc1ccc(OC)cc1)C(=O)CN(c1ccc(C)c(Cl)c1)S(=O)(=O)c1ccc(C)cc1. The van der Waals surface area contributed by atoms with E-state index < -0.39 is 28.5 Å². The molecule has 1 N–H and O–H groups in total. The summed E-state index contributed by atoms with van der Waals surface area (Å²) in [7, 11) is -2.60. The van der Waals surface area contributed by atoms with E-state index in [-0.39, 0.29) is 23.0 Å². The van der Waals surface area contributed by atoms with Gasteiger partial charge in [0, 0.05) is 18.1 Å². The van der Waals surface area contributed by atoms with E-state index in [9.17, 15) is 18.0 Å². The Balaban J connectivity index is 2.05. The van der Waals surface area contributed by atoms with Gasteiger partial charge in [-0.3, -0.25) is 13.9 Å². The summed E-state index contributed by atoms with van der Waals surface area (Å²) >= 11 is 6.40. The molecule has 0 unspecified atom stereocenters. The fourth-order valence-electron chi connectivity index (χ4n) is 4.46. The van der Waals surface area contributed by atoms with Crippen LogP contribution in [0.1, 0.15) is 49.8 Å². The van der Waals surface area contributed by atoms with E-state index in [0.717, 1.165) is 33.8 Å². The minimum absolute atomic E-state index is 0.0450. The Kier molecular flexibility index (Phi) is 11.8. The van der Waals surface area contributed by atoms with Gasteiger partial charge in [-0.1, -0.05) is 67.8 Å². The average molecular weight is 614 g/mol. The van der Waals surface area contributed by atoms with Gasteiger partial charge in [0.05, 0.1) is 17.7 Å². The number of benzene rings is 3. The van der Waals surface area contributed by atoms with Gasteiger partial charge in [0.15, 0.2) is 0 Å². The highest BCUT2D eigenvalue weighted by Gasteiger charge is 2.33. The van der Waals surface area contributed by atoms with Crippen molar-refractivity contribution in [2.24, 2.45) is 0 Å². The molecule has 0 aromatic heterocycles. The summed E-state index contributed by atoms with van der Waals surface area (Å²) in [5, 5.41) is 3.31. The van der Waals surface area contributed by atoms with Gasteiger partial charge in [-0.2, -0.15) is 0 Å². The highest BCUT2D eigenvalue weighted by atomic mass is 35.5. The molecule has 1 atom stereocenters. The molecule has 0 saturated heterocycles. The normalized spacial score (nSPS) is 12.0. The van der Waals surface area contributed by atoms with Crippen molar-refractivity contribution in [1.82, 2.24) is 10.2 Å². The fourth-order valence-corrected chi connectivity index (χ4v) is 6.04. The van der Waals surface area contributed by atoms with Crippen LogP contribution in [0.3, 0.4) is 0 Å². The number of ether oxygens (including phenoxy) is 1. The monoisotopic (exact) mass is 613 g/mol. The van der Waals surface area contributed by atoms with Crippen LogP contribution in [0, 0.1) is 13.8 Å². The van der Waals surface area contributed by atoms with Crippen molar-refractivity contribution in [3.05, 3.63) is 88.4 Å². The number of nitrogens with one attached hydrogen (secondary N) is 1. The molecule has 0 heterocycles. The van der Waals surface area contributed by atoms with Crippen LogP contribution in [0.4, 0.5) is 5.69 Å². The summed E-state index contributed by atoms with van der Waals surface area (Å²) in [5.74, 6) is -0.137. The van der Waals surface area contributed by atoms with E-state index in [1.54, 1.807) is 49.6 Å². The number of hydrogen-bond donors (Lipinski definition) is 1. The summed E-state index contributed by atoms with van der Waals surface area (Å²) < 4.78 is 34.3. The highest BCUT2D eigenvalue weighted by molar-refractivity contribution is 7.92. The first-order valence-electron chi connectivity index (χ1n) is 14.1. The highest BCUT2D eigenvalue weighted by Crippen LogP contribution is 2.29. The predicted octanol–water partition coefficient (Wildman–Crippen LogP) is 5.88. The third-order valence-electron chi connectivity index (χ3n) is 7.06. The van der Waals surface area contributed by atoms with Crippen LogP contribution in [0.15, 0.2) is 71.6 Å². The van der Waals surface area contributed by atoms with Crippen LogP contribution in [-0.4, -0.2) is 51.4 Å². The number of carbonyl (C=O) groups is 2. The number of methoxy groups -OCH3 is 1. The zero-order valence-electron chi connectivity index (χ0n) is 24.9. The molecule has 8 nitrogen and oxygen atoms in total. The molecule has 10 heteroatoms. The lowest BCUT2D eigenvalue weighted by atomic mass is 10.1. The molecule has 3 rings (SSSR count). The molecule has 42 heavy (non-hydrogen) atoms. The van der Waals surface area contributed by atoms with Crippen molar-refractivity contribution in [1.29, 1.82) is 0 Å². The van der Waals surface area contributed by atoms with E-state index in [1.165, 1.54) is 17.0 Å². The maximum absolute atomic E-state index is 14.2. The summed E-state index contributed by atoms with van der Waals surface area (Å²) in [6.45, 7) is 7.62. The smallest absolute Gasteiger partial charge is 0.264 e. The van der Waals surface area contributed by atoms with Crippen molar-refractivity contribution in [3.8, 4) is 5.75 Å². The number of anilines is 1. The van der Waals surface area contributed by atoms with Gasteiger partial charge in [0.25, 0.3) is 10.0 Å². The van der Waals surface area contributed by atoms with Crippen LogP contribution >= 0.6 is 11.6 Å². The molecule has 2 amide bonds. The second kappa shape index (κ2) is 15.1. The Bertz CT molecular complexity index is 1460. The van der Waals surface area contributed by atoms with Crippen LogP contribution in [0.2, 0.25) is 5.02 Å². The molecule has 0 spiro atoms. The van der Waals surface area contributed by atoms with Crippen molar-refractivity contribution >= 4 is 39.1 Å². The van der Waals surface area contributed by atoms with Gasteiger partial charge in [-0.25, -0.2) is 8.42 Å². The van der Waals surface area contributed by atoms with Crippen molar-refractivity contribution in [2.75, 3.05) is 24.5 Å². The maximum atomic E-state index is 14.2. The molecule has 0 fully saturated rings. The quantitative estimate of drug-likeness (QED) is 0.229. The van der Waals surface area contributed by atoms with E-state index in [1.807, 2.05) is 39.8 Å². The number of unbranched alkanes of at least 4 members (excludes halogenated alkanes) is 1. The summed E-state index contributed by atoms with van der Waals surface area (Å²) in [4.78, 5) is 29.0. The van der Waals surface area contributed by atoms with E-state index in [0.29, 0.717) is 23.7 Å². The molecule has 0 aliphatic rings. The third kappa shape index (κ3) is 8.26. The lowest BCUT2D eigenvalue weighted by Crippen LogP contribution is -2.52. The first-order valence-corrected chi connectivity index (χ1v) is 15.9. The molecule has 3 aromatic carbocycles. The lowest BCUT2D eigenvalue weighted by molar-refractivity contribution is -0.140. The Hall–Kier alpha value is -3.56. The number of halogens is 1. The number of carbonyl (C=O) groups excluding carboxylic acids is 2. The Morgan fingerprint density at radius 2 is 1.64 bits per heavy atom. The Labute approximate surface area is 254 Å². The van der Waals surface area contributed by atoms with E-state index in [4.69, 9.17) is 16.3 Å². The third-order valence-corrected chi connectivity index (χ3v) is 9.25. The Morgan fingerprint density at radius 3 is 2.21 bits per heavy atom. The number of nitrogens with zero attached hydrogens (tertiary/aromatic N) is 2. The molecule has 0 radical (unpaired) electrons. The lowest BCUT2D eigenvalue weighted by Gasteiger charge is -2.33. The van der Waals surface area contributed by atoms with Crippen molar-refractivity contribution < 1.29 is 22.7 Å². The number of amides is 2. The second-order valence-corrected chi connectivity index (χ2v) is 12.5. The van der Waals surface area contributed by atoms with E-state index >= 15 is 0 Å². The molecule has 0 aliphatic carbocycles. The van der Waals surface area contributed by atoms with Gasteiger partial charge in [-0.15, -0.1) is 0 Å². The summed E-state index contributed by atoms with van der Waals surface area (Å²) in [6, 6.07) is 17.7. The minimum Gasteiger partial charge on any atom is -0.497 e. The van der Waals surface area contributed by atoms with Gasteiger partial charge >= 0.3 is 0 Å². The topological polar surface area (TPSA) is 96.0 Å². The van der Waals surface area contributed by atoms with Gasteiger partial charge in [-0.05, 0) is 74.2 Å². The van der Waals surface area contributed by atoms with Crippen LogP contribution < -0.4 is 14.4 Å². The Morgan fingerprint density at radius 1 is 0.976 bits per heavy atom. The van der Waals surface area contributed by atoms with Crippen molar-refractivity contribution in [3.63, 3.8) is 0 Å². The largest absolute Gasteiger partial charge is 0.497 e. The zero-order chi connectivity index (χ0) is 30.9. The van der Waals surface area contributed by atoms with Crippen molar-refractivity contribution in [2.45, 2.75) is 64.4 Å². The maximum Gasteiger partial charge on any atom is 0.264 e. The molecular formula is C32H40ClN3O5S. The van der Waals surface area contributed by atoms with Gasteiger partial charge < -0.3 is 15.0 Å². The number of sulfonamides is 1. The first kappa shape index (κ1) is 32.9. The molecule has 0 aliphatic heterocycles. The van der Waals surface area contributed by atoms with Crippen LogP contribution in [0.25, 0.3) is 0 Å². The van der Waals surface area contributed by atoms with Crippen LogP contribution in [0.5, 0.6) is 5.75 Å². The minimum atomic E-state index is -4.17. The van der Waals surface area contributed by atoms with Gasteiger partial charge in [0.1, 0.15) is 18.3 Å². The first-order chi connectivity index (χ1) is 20.0. The summed E-state index contributed by atoms with van der Waals surface area (Å²) in [5.41, 5.74) is 2.70. The number of aryl methyl sites for hydroxylation is 2. The summed E-state index contributed by atoms with van der Waals surface area (Å²) in [6.07, 6.45) is 2.07. The van der Waals surface area contributed by atoms with Gasteiger partial charge in [0.2, 0.25) is 11.8 Å². The zero-order valence-corrected chi connectivity index (χ0v) is 26.5. The van der Waals surface area contributed by atoms with E-state index in [2.05, 4.69) is 5.32 Å². The number of hydrogen-bond acceptors (Lipinski definition) is 5. The second-order valence-electron chi connectivity index (χ2n) is 10.2. The average Bonchev–Trinajstić information content (AvgIpc) is 2.97. The predicted molar refractivity (Wildman–Crippen MR) is 167 cm³/mol. The molecule has 0 bridgehead atoms. The van der Waals surface area contributed by atoms with Crippen LogP contribution in [-0.2, 0) is 26.2 Å².